The van der Waals surface area contributed by atoms with Gasteiger partial charge in [-0.15, -0.1) is 0 Å². The molecule has 0 aliphatic rings. The van der Waals surface area contributed by atoms with E-state index in [0.29, 0.717) is 18.4 Å². The molecule has 1 aromatic rings. The molecular formula is C21H35NO2. The van der Waals surface area contributed by atoms with Crippen LogP contribution < -0.4 is 14.8 Å². The number of rotatable bonds is 9. The van der Waals surface area contributed by atoms with Crippen LogP contribution in [0.3, 0.4) is 0 Å². The summed E-state index contributed by atoms with van der Waals surface area (Å²) in [5.41, 5.74) is 1.37. The van der Waals surface area contributed by atoms with Gasteiger partial charge < -0.3 is 14.8 Å². The molecule has 0 aliphatic heterocycles. The number of nitrogens with one attached hydrogen (secondary N) is 1. The molecule has 0 fully saturated rings. The zero-order valence-corrected chi connectivity index (χ0v) is 16.4. The van der Waals surface area contributed by atoms with Crippen LogP contribution >= 0.6 is 0 Å². The molecular weight excluding hydrogens is 298 g/mol. The first-order valence-electron chi connectivity index (χ1n) is 8.83. The Morgan fingerprint density at radius 2 is 1.75 bits per heavy atom. The molecule has 2 unspecified atom stereocenters. The molecule has 1 rings (SSSR count). The predicted octanol–water partition coefficient (Wildman–Crippen LogP) is 5.09. The smallest absolute Gasteiger partial charge is 0.119 e. The maximum absolute atomic E-state index is 5.96. The highest BCUT2D eigenvalue weighted by molar-refractivity contribution is 5.31. The fourth-order valence-corrected chi connectivity index (χ4v) is 2.29. The molecule has 1 aromatic carbocycles. The summed E-state index contributed by atoms with van der Waals surface area (Å²) in [5.74, 6) is 2.61. The molecule has 0 amide bonds. The van der Waals surface area contributed by atoms with E-state index in [1.807, 2.05) is 52.1 Å². The third kappa shape index (κ3) is 8.21. The highest BCUT2D eigenvalue weighted by atomic mass is 16.5. The maximum Gasteiger partial charge on any atom is 0.119 e. The Morgan fingerprint density at radius 1 is 1.17 bits per heavy atom. The zero-order valence-electron chi connectivity index (χ0n) is 16.4. The van der Waals surface area contributed by atoms with E-state index < -0.39 is 0 Å². The molecule has 136 valence electrons. The predicted molar refractivity (Wildman–Crippen MR) is 105 cm³/mol. The maximum atomic E-state index is 5.96. The van der Waals surface area contributed by atoms with Crippen LogP contribution in [0.25, 0.3) is 0 Å². The second-order valence-corrected chi connectivity index (χ2v) is 5.53. The number of methoxy groups -OCH3 is 1. The summed E-state index contributed by atoms with van der Waals surface area (Å²) in [7, 11) is 3.65. The van der Waals surface area contributed by atoms with Crippen molar-refractivity contribution in [2.45, 2.75) is 34.6 Å². The van der Waals surface area contributed by atoms with Gasteiger partial charge in [0.2, 0.25) is 0 Å². The second kappa shape index (κ2) is 13.7. The van der Waals surface area contributed by atoms with Gasteiger partial charge in [-0.1, -0.05) is 44.6 Å². The lowest BCUT2D eigenvalue weighted by Crippen LogP contribution is -2.30. The monoisotopic (exact) mass is 333 g/mol. The van der Waals surface area contributed by atoms with Crippen molar-refractivity contribution in [1.82, 2.24) is 5.32 Å². The van der Waals surface area contributed by atoms with E-state index in [9.17, 15) is 0 Å². The summed E-state index contributed by atoms with van der Waals surface area (Å²) >= 11 is 0. The van der Waals surface area contributed by atoms with E-state index in [1.165, 1.54) is 5.57 Å². The lowest BCUT2D eigenvalue weighted by atomic mass is 9.88. The SMILES string of the molecule is C/C=C\C=C(/C)C(C)C(CNC)COc1ccc(OC)cc1.CC. The Balaban J connectivity index is 0.00000254. The Hall–Kier alpha value is -1.74. The normalized spacial score (nSPS) is 13.9. The lowest BCUT2D eigenvalue weighted by Gasteiger charge is -2.25. The largest absolute Gasteiger partial charge is 0.497 e. The van der Waals surface area contributed by atoms with Gasteiger partial charge in [0, 0.05) is 12.5 Å². The third-order valence-electron chi connectivity index (χ3n) is 3.97. The van der Waals surface area contributed by atoms with Gasteiger partial charge in [0.15, 0.2) is 0 Å². The molecule has 2 atom stereocenters. The highest BCUT2D eigenvalue weighted by Crippen LogP contribution is 2.23. The van der Waals surface area contributed by atoms with Crippen molar-refractivity contribution in [1.29, 1.82) is 0 Å². The average Bonchev–Trinajstić information content (AvgIpc) is 2.64. The van der Waals surface area contributed by atoms with Gasteiger partial charge in [0.1, 0.15) is 11.5 Å². The molecule has 0 heterocycles. The van der Waals surface area contributed by atoms with Crippen molar-refractivity contribution in [3.8, 4) is 11.5 Å². The number of allylic oxidation sites excluding steroid dienone is 4. The minimum absolute atomic E-state index is 0.425. The Kier molecular flexibility index (Phi) is 12.7. The summed E-state index contributed by atoms with van der Waals surface area (Å²) in [5, 5.41) is 3.27. The van der Waals surface area contributed by atoms with Gasteiger partial charge in [0.05, 0.1) is 13.7 Å². The van der Waals surface area contributed by atoms with Gasteiger partial charge in [-0.3, -0.25) is 0 Å². The van der Waals surface area contributed by atoms with Gasteiger partial charge in [-0.25, -0.2) is 0 Å². The van der Waals surface area contributed by atoms with E-state index in [4.69, 9.17) is 9.47 Å². The summed E-state index contributed by atoms with van der Waals surface area (Å²) in [6.07, 6.45) is 6.32. The molecule has 0 aliphatic carbocycles. The van der Waals surface area contributed by atoms with Crippen molar-refractivity contribution in [2.75, 3.05) is 27.3 Å². The number of ether oxygens (including phenoxy) is 2. The quantitative estimate of drug-likeness (QED) is 0.638. The minimum Gasteiger partial charge on any atom is -0.497 e. The lowest BCUT2D eigenvalue weighted by molar-refractivity contribution is 0.213. The standard InChI is InChI=1S/C19H29NO2.C2H6/c1-6-7-8-15(2)16(3)17(13-20-4)14-22-19-11-9-18(21-5)10-12-19;1-2/h6-12,16-17,20H,13-14H2,1-5H3;1-2H3/b7-6-,15-8+;. The number of hydrogen-bond donors (Lipinski definition) is 1. The van der Waals surface area contributed by atoms with Crippen LogP contribution in [0.15, 0.2) is 48.1 Å². The molecule has 3 nitrogen and oxygen atoms in total. The molecule has 0 aromatic heterocycles. The van der Waals surface area contributed by atoms with Crippen LogP contribution in [0.5, 0.6) is 11.5 Å². The van der Waals surface area contributed by atoms with Crippen molar-refractivity contribution in [2.24, 2.45) is 11.8 Å². The molecule has 1 N–H and O–H groups in total. The second-order valence-electron chi connectivity index (χ2n) is 5.53. The fraction of sp³-hybridized carbons (Fsp3) is 0.524. The number of benzene rings is 1. The Morgan fingerprint density at radius 3 is 2.25 bits per heavy atom. The topological polar surface area (TPSA) is 30.5 Å². The van der Waals surface area contributed by atoms with Crippen LogP contribution in [0.2, 0.25) is 0 Å². The van der Waals surface area contributed by atoms with Gasteiger partial charge in [-0.05, 0) is 51.1 Å². The molecule has 0 spiro atoms. The summed E-state index contributed by atoms with van der Waals surface area (Å²) in [6.45, 7) is 12.1. The minimum atomic E-state index is 0.425. The highest BCUT2D eigenvalue weighted by Gasteiger charge is 2.18. The van der Waals surface area contributed by atoms with Crippen LogP contribution in [0, 0.1) is 11.8 Å². The van der Waals surface area contributed by atoms with E-state index in [-0.39, 0.29) is 0 Å². The third-order valence-corrected chi connectivity index (χ3v) is 3.97. The van der Waals surface area contributed by atoms with Crippen molar-refractivity contribution >= 4 is 0 Å². The van der Waals surface area contributed by atoms with Crippen LogP contribution in [0.1, 0.15) is 34.6 Å². The van der Waals surface area contributed by atoms with Gasteiger partial charge in [-0.2, -0.15) is 0 Å². The summed E-state index contributed by atoms with van der Waals surface area (Å²) in [6, 6.07) is 7.73. The van der Waals surface area contributed by atoms with E-state index in [0.717, 1.165) is 18.0 Å². The molecule has 3 heteroatoms. The van der Waals surface area contributed by atoms with Crippen LogP contribution in [-0.4, -0.2) is 27.3 Å². The summed E-state index contributed by atoms with van der Waals surface area (Å²) in [4.78, 5) is 0. The first-order valence-corrected chi connectivity index (χ1v) is 8.83. The van der Waals surface area contributed by atoms with Gasteiger partial charge in [0.25, 0.3) is 0 Å². The van der Waals surface area contributed by atoms with Crippen molar-refractivity contribution in [3.63, 3.8) is 0 Å². The van der Waals surface area contributed by atoms with E-state index in [1.54, 1.807) is 7.11 Å². The molecule has 0 saturated carbocycles. The van der Waals surface area contributed by atoms with Crippen LogP contribution in [0.4, 0.5) is 0 Å². The molecule has 0 saturated heterocycles. The Labute approximate surface area is 148 Å². The van der Waals surface area contributed by atoms with Crippen LogP contribution in [-0.2, 0) is 0 Å². The molecule has 24 heavy (non-hydrogen) atoms. The first-order chi connectivity index (χ1) is 11.6. The van der Waals surface area contributed by atoms with E-state index in [2.05, 4.69) is 37.4 Å². The molecule has 0 radical (unpaired) electrons. The Bertz CT molecular complexity index is 477. The molecule has 0 bridgehead atoms. The summed E-state index contributed by atoms with van der Waals surface area (Å²) < 4.78 is 11.1. The fourth-order valence-electron chi connectivity index (χ4n) is 2.29. The van der Waals surface area contributed by atoms with Crippen molar-refractivity contribution in [3.05, 3.63) is 48.1 Å². The van der Waals surface area contributed by atoms with E-state index >= 15 is 0 Å². The average molecular weight is 334 g/mol. The first kappa shape index (κ1) is 22.3. The number of hydrogen-bond acceptors (Lipinski definition) is 3. The van der Waals surface area contributed by atoms with Gasteiger partial charge >= 0.3 is 0 Å². The zero-order chi connectivity index (χ0) is 18.4. The van der Waals surface area contributed by atoms with Crippen molar-refractivity contribution < 1.29 is 9.47 Å².